The average molecular weight is 265 g/mol. The number of nitrogens with zero attached hydrogens (tertiary/aromatic N) is 2. The van der Waals surface area contributed by atoms with Gasteiger partial charge < -0.3 is 10.2 Å². The van der Waals surface area contributed by atoms with E-state index in [0.29, 0.717) is 0 Å². The molecule has 4 heteroatoms. The molecule has 0 unspecified atom stereocenters. The number of nitrogens with one attached hydrogen (secondary N) is 1. The Hall–Kier alpha value is -0.900. The smallest absolute Gasteiger partial charge is 0.128 e. The van der Waals surface area contributed by atoms with E-state index in [9.17, 15) is 0 Å². The maximum atomic E-state index is 4.54. The summed E-state index contributed by atoms with van der Waals surface area (Å²) in [5, 5.41) is 3.43. The van der Waals surface area contributed by atoms with Crippen molar-refractivity contribution in [2.45, 2.75) is 25.7 Å². The van der Waals surface area contributed by atoms with E-state index in [1.54, 1.807) is 0 Å². The highest BCUT2D eigenvalue weighted by Crippen LogP contribution is 2.18. The Balaban J connectivity index is 1.73. The van der Waals surface area contributed by atoms with Crippen LogP contribution in [0.1, 0.15) is 25.7 Å². The SMILES string of the molecule is CSCCCCNc1ccc(N2CCCC2)nc1. The van der Waals surface area contributed by atoms with Crippen LogP contribution in [0, 0.1) is 0 Å². The van der Waals surface area contributed by atoms with Gasteiger partial charge in [0.2, 0.25) is 0 Å². The predicted octanol–water partition coefficient (Wildman–Crippen LogP) is 3.24. The lowest BCUT2D eigenvalue weighted by atomic mass is 10.3. The number of thioether (sulfide) groups is 1. The number of aromatic nitrogens is 1. The molecule has 0 bridgehead atoms. The molecule has 18 heavy (non-hydrogen) atoms. The zero-order valence-corrected chi connectivity index (χ0v) is 12.0. The highest BCUT2D eigenvalue weighted by molar-refractivity contribution is 7.98. The molecule has 1 aromatic rings. The first-order valence-electron chi connectivity index (χ1n) is 6.84. The Labute approximate surface area is 114 Å². The Bertz CT molecular complexity index is 333. The lowest BCUT2D eigenvalue weighted by Gasteiger charge is -2.16. The molecule has 0 saturated carbocycles. The van der Waals surface area contributed by atoms with Crippen LogP contribution in [0.5, 0.6) is 0 Å². The van der Waals surface area contributed by atoms with E-state index < -0.39 is 0 Å². The summed E-state index contributed by atoms with van der Waals surface area (Å²) in [5.74, 6) is 2.38. The molecule has 1 aromatic heterocycles. The second-order valence-corrected chi connectivity index (χ2v) is 5.71. The van der Waals surface area contributed by atoms with Crippen molar-refractivity contribution in [3.8, 4) is 0 Å². The predicted molar refractivity (Wildman–Crippen MR) is 81.8 cm³/mol. The molecule has 2 heterocycles. The van der Waals surface area contributed by atoms with Crippen molar-refractivity contribution in [3.63, 3.8) is 0 Å². The molecule has 3 nitrogen and oxygen atoms in total. The molecule has 1 aliphatic heterocycles. The van der Waals surface area contributed by atoms with Gasteiger partial charge in [-0.25, -0.2) is 4.98 Å². The van der Waals surface area contributed by atoms with Crippen molar-refractivity contribution in [1.29, 1.82) is 0 Å². The summed E-state index contributed by atoms with van der Waals surface area (Å²) in [6.45, 7) is 3.37. The van der Waals surface area contributed by atoms with Gasteiger partial charge in [0.05, 0.1) is 11.9 Å². The standard InChI is InChI=1S/C14H23N3S/c1-18-11-5-2-8-15-13-6-7-14(16-12-13)17-9-3-4-10-17/h6-7,12,15H,2-5,8-11H2,1H3. The van der Waals surface area contributed by atoms with E-state index in [4.69, 9.17) is 0 Å². The van der Waals surface area contributed by atoms with E-state index in [2.05, 4.69) is 33.6 Å². The van der Waals surface area contributed by atoms with Gasteiger partial charge in [-0.05, 0) is 49.8 Å². The van der Waals surface area contributed by atoms with E-state index in [1.807, 2.05) is 18.0 Å². The highest BCUT2D eigenvalue weighted by atomic mass is 32.2. The molecule has 0 aliphatic carbocycles. The van der Waals surface area contributed by atoms with Crippen LogP contribution in [0.3, 0.4) is 0 Å². The number of pyridine rings is 1. The first-order chi connectivity index (χ1) is 8.90. The number of rotatable bonds is 7. The molecule has 1 N–H and O–H groups in total. The zero-order valence-electron chi connectivity index (χ0n) is 11.2. The molecule has 0 radical (unpaired) electrons. The van der Waals surface area contributed by atoms with Gasteiger partial charge in [-0.1, -0.05) is 0 Å². The minimum atomic E-state index is 1.05. The van der Waals surface area contributed by atoms with Gasteiger partial charge in [0.15, 0.2) is 0 Å². The first-order valence-corrected chi connectivity index (χ1v) is 8.23. The number of hydrogen-bond donors (Lipinski definition) is 1. The second kappa shape index (κ2) is 7.52. The van der Waals surface area contributed by atoms with Gasteiger partial charge in [0.25, 0.3) is 0 Å². The van der Waals surface area contributed by atoms with E-state index >= 15 is 0 Å². The summed E-state index contributed by atoms with van der Waals surface area (Å²) in [6.07, 6.45) is 9.24. The van der Waals surface area contributed by atoms with Crippen molar-refractivity contribution in [1.82, 2.24) is 4.98 Å². The molecular weight excluding hydrogens is 242 g/mol. The van der Waals surface area contributed by atoms with Gasteiger partial charge in [-0.3, -0.25) is 0 Å². The molecule has 1 aliphatic rings. The lowest BCUT2D eigenvalue weighted by molar-refractivity contribution is 0.842. The largest absolute Gasteiger partial charge is 0.384 e. The van der Waals surface area contributed by atoms with Crippen molar-refractivity contribution in [3.05, 3.63) is 18.3 Å². The lowest BCUT2D eigenvalue weighted by Crippen LogP contribution is -2.18. The first kappa shape index (κ1) is 13.5. The van der Waals surface area contributed by atoms with E-state index in [1.165, 1.54) is 31.4 Å². The zero-order chi connectivity index (χ0) is 12.6. The number of anilines is 2. The van der Waals surface area contributed by atoms with Gasteiger partial charge in [-0.15, -0.1) is 0 Å². The molecule has 0 atom stereocenters. The van der Waals surface area contributed by atoms with Gasteiger partial charge in [0.1, 0.15) is 5.82 Å². The minimum Gasteiger partial charge on any atom is -0.384 e. The van der Waals surface area contributed by atoms with Crippen LogP contribution in [0.15, 0.2) is 18.3 Å². The third kappa shape index (κ3) is 4.09. The maximum Gasteiger partial charge on any atom is 0.128 e. The maximum absolute atomic E-state index is 4.54. The van der Waals surface area contributed by atoms with Crippen LogP contribution in [0.2, 0.25) is 0 Å². The summed E-state index contributed by atoms with van der Waals surface area (Å²) in [5.41, 5.74) is 1.14. The normalized spacial score (nSPS) is 15.1. The Morgan fingerprint density at radius 3 is 2.78 bits per heavy atom. The van der Waals surface area contributed by atoms with Gasteiger partial charge in [-0.2, -0.15) is 11.8 Å². The summed E-state index contributed by atoms with van der Waals surface area (Å²) < 4.78 is 0. The quantitative estimate of drug-likeness (QED) is 0.766. The van der Waals surface area contributed by atoms with Crippen LogP contribution in [-0.2, 0) is 0 Å². The molecule has 0 spiro atoms. The number of unbranched alkanes of at least 4 members (excludes halogenated alkanes) is 1. The molecule has 0 aromatic carbocycles. The van der Waals surface area contributed by atoms with Crippen molar-refractivity contribution in [2.24, 2.45) is 0 Å². The highest BCUT2D eigenvalue weighted by Gasteiger charge is 2.12. The minimum absolute atomic E-state index is 1.05. The van der Waals surface area contributed by atoms with Crippen LogP contribution >= 0.6 is 11.8 Å². The monoisotopic (exact) mass is 265 g/mol. The molecule has 1 fully saturated rings. The fourth-order valence-electron chi connectivity index (χ4n) is 2.23. The Kier molecular flexibility index (Phi) is 5.65. The van der Waals surface area contributed by atoms with E-state index in [-0.39, 0.29) is 0 Å². The summed E-state index contributed by atoms with van der Waals surface area (Å²) in [7, 11) is 0. The van der Waals surface area contributed by atoms with Crippen molar-refractivity contribution in [2.75, 3.05) is 41.9 Å². The van der Waals surface area contributed by atoms with Crippen molar-refractivity contribution < 1.29 is 0 Å². The van der Waals surface area contributed by atoms with E-state index in [0.717, 1.165) is 31.1 Å². The van der Waals surface area contributed by atoms with Crippen LogP contribution < -0.4 is 10.2 Å². The summed E-state index contributed by atoms with van der Waals surface area (Å²) in [6, 6.07) is 4.28. The summed E-state index contributed by atoms with van der Waals surface area (Å²) in [4.78, 5) is 6.90. The van der Waals surface area contributed by atoms with Crippen LogP contribution in [0.25, 0.3) is 0 Å². The summed E-state index contributed by atoms with van der Waals surface area (Å²) >= 11 is 1.92. The fourth-order valence-corrected chi connectivity index (χ4v) is 2.72. The third-order valence-corrected chi connectivity index (χ3v) is 3.98. The van der Waals surface area contributed by atoms with Crippen LogP contribution in [0.4, 0.5) is 11.5 Å². The second-order valence-electron chi connectivity index (χ2n) is 4.73. The topological polar surface area (TPSA) is 28.2 Å². The fraction of sp³-hybridized carbons (Fsp3) is 0.643. The van der Waals surface area contributed by atoms with Crippen molar-refractivity contribution >= 4 is 23.3 Å². The molecule has 2 rings (SSSR count). The van der Waals surface area contributed by atoms with Gasteiger partial charge in [0, 0.05) is 19.6 Å². The Morgan fingerprint density at radius 1 is 1.28 bits per heavy atom. The molecule has 1 saturated heterocycles. The molecule has 0 amide bonds. The van der Waals surface area contributed by atoms with Crippen LogP contribution in [-0.4, -0.2) is 36.6 Å². The third-order valence-electron chi connectivity index (χ3n) is 3.28. The van der Waals surface area contributed by atoms with Gasteiger partial charge >= 0.3 is 0 Å². The number of hydrogen-bond acceptors (Lipinski definition) is 4. The molecular formula is C14H23N3S. The molecule has 100 valence electrons. The average Bonchev–Trinajstić information content (AvgIpc) is 2.93. The Morgan fingerprint density at radius 2 is 2.11 bits per heavy atom.